The first-order valence-corrected chi connectivity index (χ1v) is 6.77. The van der Waals surface area contributed by atoms with E-state index in [9.17, 15) is 4.39 Å². The van der Waals surface area contributed by atoms with Crippen molar-refractivity contribution in [2.45, 2.75) is 20.3 Å². The second-order valence-electron chi connectivity index (χ2n) is 4.40. The topological polar surface area (TPSA) is 49.8 Å². The summed E-state index contributed by atoms with van der Waals surface area (Å²) in [5.41, 5.74) is 1.12. The van der Waals surface area contributed by atoms with Crippen LogP contribution in [-0.4, -0.2) is 16.5 Å². The van der Waals surface area contributed by atoms with Crippen molar-refractivity contribution in [3.05, 3.63) is 40.8 Å². The van der Waals surface area contributed by atoms with Gasteiger partial charge in [0, 0.05) is 23.3 Å². The Bertz CT molecular complexity index is 604. The van der Waals surface area contributed by atoms with Crippen LogP contribution in [0.3, 0.4) is 0 Å². The molecule has 0 aliphatic rings. The molecular weight excluding hydrogens is 279 g/mol. The summed E-state index contributed by atoms with van der Waals surface area (Å²) in [5.74, 6) is 0.692. The minimum Gasteiger partial charge on any atom is -0.354 e. The first-order chi connectivity index (χ1) is 9.60. The molecule has 1 aromatic carbocycles. The fraction of sp³-hybridized carbons (Fsp3) is 0.286. The zero-order valence-corrected chi connectivity index (χ0v) is 12.1. The zero-order chi connectivity index (χ0) is 14.5. The lowest BCUT2D eigenvalue weighted by Crippen LogP contribution is -2.07. The Labute approximate surface area is 122 Å². The lowest BCUT2D eigenvalue weighted by atomic mass is 10.3. The molecule has 0 atom stereocenters. The molecule has 0 unspecified atom stereocenters. The van der Waals surface area contributed by atoms with Gasteiger partial charge in [-0.25, -0.2) is 9.37 Å². The summed E-state index contributed by atoms with van der Waals surface area (Å²) in [6.07, 6.45) is 2.67. The molecule has 0 fully saturated rings. The number of anilines is 3. The Morgan fingerprint density at radius 1 is 1.35 bits per heavy atom. The molecule has 2 N–H and O–H groups in total. The normalized spacial score (nSPS) is 10.4. The molecule has 2 aromatic rings. The van der Waals surface area contributed by atoms with Crippen LogP contribution in [0.25, 0.3) is 0 Å². The van der Waals surface area contributed by atoms with Crippen molar-refractivity contribution >= 4 is 29.1 Å². The molecule has 0 saturated carbocycles. The Balaban J connectivity index is 2.25. The maximum absolute atomic E-state index is 13.7. The van der Waals surface area contributed by atoms with Crippen LogP contribution in [0.4, 0.5) is 21.8 Å². The van der Waals surface area contributed by atoms with Crippen molar-refractivity contribution in [3.63, 3.8) is 0 Å². The van der Waals surface area contributed by atoms with E-state index in [-0.39, 0.29) is 5.82 Å². The molecular formula is C14H16ClFN4. The summed E-state index contributed by atoms with van der Waals surface area (Å²) in [7, 11) is 0. The maximum atomic E-state index is 13.7. The van der Waals surface area contributed by atoms with Gasteiger partial charge in [0.05, 0.1) is 5.69 Å². The number of nitrogens with zero attached hydrogens (tertiary/aromatic N) is 2. The highest BCUT2D eigenvalue weighted by atomic mass is 35.5. The van der Waals surface area contributed by atoms with Crippen molar-refractivity contribution in [3.8, 4) is 0 Å². The minimum atomic E-state index is -0.379. The molecule has 4 nitrogen and oxygen atoms in total. The summed E-state index contributed by atoms with van der Waals surface area (Å²) in [6, 6.07) is 4.35. The lowest BCUT2D eigenvalue weighted by molar-refractivity contribution is 0.632. The maximum Gasteiger partial charge on any atom is 0.224 e. The van der Waals surface area contributed by atoms with Crippen LogP contribution in [0, 0.1) is 12.7 Å². The summed E-state index contributed by atoms with van der Waals surface area (Å²) in [5, 5.41) is 6.50. The molecule has 0 bridgehead atoms. The van der Waals surface area contributed by atoms with Crippen molar-refractivity contribution in [1.29, 1.82) is 0 Å². The third kappa shape index (κ3) is 3.57. The Morgan fingerprint density at radius 2 is 2.15 bits per heavy atom. The Hall–Kier alpha value is -1.88. The monoisotopic (exact) mass is 294 g/mol. The molecule has 2 rings (SSSR count). The van der Waals surface area contributed by atoms with Crippen LogP contribution in [0.2, 0.25) is 5.02 Å². The fourth-order valence-corrected chi connectivity index (χ4v) is 1.78. The van der Waals surface area contributed by atoms with Gasteiger partial charge in [-0.05, 0) is 31.5 Å². The van der Waals surface area contributed by atoms with Gasteiger partial charge < -0.3 is 10.6 Å². The van der Waals surface area contributed by atoms with Gasteiger partial charge in [0.1, 0.15) is 11.6 Å². The van der Waals surface area contributed by atoms with Crippen LogP contribution < -0.4 is 10.6 Å². The van der Waals surface area contributed by atoms with Gasteiger partial charge in [-0.3, -0.25) is 0 Å². The predicted molar refractivity (Wildman–Crippen MR) is 80.2 cm³/mol. The third-order valence-corrected chi connectivity index (χ3v) is 2.92. The van der Waals surface area contributed by atoms with Crippen LogP contribution in [0.1, 0.15) is 18.9 Å². The highest BCUT2D eigenvalue weighted by Gasteiger charge is 2.08. The van der Waals surface area contributed by atoms with Gasteiger partial charge in [-0.1, -0.05) is 18.5 Å². The average molecular weight is 295 g/mol. The van der Waals surface area contributed by atoms with Crippen molar-refractivity contribution in [2.24, 2.45) is 0 Å². The molecule has 6 heteroatoms. The van der Waals surface area contributed by atoms with Gasteiger partial charge in [-0.2, -0.15) is 4.98 Å². The molecule has 0 spiro atoms. The SMILES string of the molecule is CCCNc1ncc(C)c(Nc2cc(Cl)ccc2F)n1. The van der Waals surface area contributed by atoms with E-state index >= 15 is 0 Å². The molecule has 0 saturated heterocycles. The number of hydrogen-bond donors (Lipinski definition) is 2. The highest BCUT2D eigenvalue weighted by Crippen LogP contribution is 2.24. The molecule has 0 amide bonds. The van der Waals surface area contributed by atoms with Crippen molar-refractivity contribution in [1.82, 2.24) is 9.97 Å². The van der Waals surface area contributed by atoms with E-state index in [1.54, 1.807) is 6.20 Å². The summed E-state index contributed by atoms with van der Waals surface area (Å²) in [6.45, 7) is 4.70. The molecule has 1 heterocycles. The third-order valence-electron chi connectivity index (χ3n) is 2.69. The van der Waals surface area contributed by atoms with E-state index < -0.39 is 0 Å². The first kappa shape index (κ1) is 14.5. The summed E-state index contributed by atoms with van der Waals surface area (Å²) in [4.78, 5) is 8.51. The Kier molecular flexibility index (Phi) is 4.74. The number of halogens is 2. The summed E-state index contributed by atoms with van der Waals surface area (Å²) < 4.78 is 13.7. The lowest BCUT2D eigenvalue weighted by Gasteiger charge is -2.11. The van der Waals surface area contributed by atoms with Crippen LogP contribution in [-0.2, 0) is 0 Å². The number of aromatic nitrogens is 2. The molecule has 0 radical (unpaired) electrons. The molecule has 1 aromatic heterocycles. The molecule has 0 aliphatic carbocycles. The highest BCUT2D eigenvalue weighted by molar-refractivity contribution is 6.30. The van der Waals surface area contributed by atoms with E-state index in [1.165, 1.54) is 18.2 Å². The van der Waals surface area contributed by atoms with Crippen LogP contribution in [0.5, 0.6) is 0 Å². The van der Waals surface area contributed by atoms with Gasteiger partial charge in [0.2, 0.25) is 5.95 Å². The van der Waals surface area contributed by atoms with Crippen LogP contribution >= 0.6 is 11.6 Å². The van der Waals surface area contributed by atoms with E-state index in [2.05, 4.69) is 27.5 Å². The summed E-state index contributed by atoms with van der Waals surface area (Å²) >= 11 is 5.87. The smallest absolute Gasteiger partial charge is 0.224 e. The van der Waals surface area contributed by atoms with E-state index in [0.717, 1.165) is 18.5 Å². The minimum absolute atomic E-state index is 0.292. The number of nitrogens with one attached hydrogen (secondary N) is 2. The van der Waals surface area contributed by atoms with Crippen LogP contribution in [0.15, 0.2) is 24.4 Å². The first-order valence-electron chi connectivity index (χ1n) is 6.39. The van der Waals surface area contributed by atoms with E-state index in [0.29, 0.717) is 22.5 Å². The molecule has 20 heavy (non-hydrogen) atoms. The quantitative estimate of drug-likeness (QED) is 0.870. The van der Waals surface area contributed by atoms with Gasteiger partial charge in [0.15, 0.2) is 0 Å². The van der Waals surface area contributed by atoms with E-state index in [1.807, 2.05) is 6.92 Å². The van der Waals surface area contributed by atoms with Gasteiger partial charge in [0.25, 0.3) is 0 Å². The second-order valence-corrected chi connectivity index (χ2v) is 4.84. The molecule has 106 valence electrons. The zero-order valence-electron chi connectivity index (χ0n) is 11.4. The number of rotatable bonds is 5. The van der Waals surface area contributed by atoms with Crippen molar-refractivity contribution < 1.29 is 4.39 Å². The largest absolute Gasteiger partial charge is 0.354 e. The Morgan fingerprint density at radius 3 is 2.90 bits per heavy atom. The number of benzene rings is 1. The van der Waals surface area contributed by atoms with Crippen molar-refractivity contribution in [2.75, 3.05) is 17.2 Å². The second kappa shape index (κ2) is 6.52. The van der Waals surface area contributed by atoms with Gasteiger partial charge >= 0.3 is 0 Å². The molecule has 0 aliphatic heterocycles. The number of aryl methyl sites for hydroxylation is 1. The standard InChI is InChI=1S/C14H16ClFN4/c1-3-6-17-14-18-8-9(2)13(20-14)19-12-7-10(15)4-5-11(12)16/h4-5,7-8H,3,6H2,1-2H3,(H2,17,18,19,20). The van der Waals surface area contributed by atoms with Gasteiger partial charge in [-0.15, -0.1) is 0 Å². The predicted octanol–water partition coefficient (Wildman–Crippen LogP) is 4.14. The fourth-order valence-electron chi connectivity index (χ4n) is 1.61. The number of hydrogen-bond acceptors (Lipinski definition) is 4. The average Bonchev–Trinajstić information content (AvgIpc) is 2.43. The van der Waals surface area contributed by atoms with E-state index in [4.69, 9.17) is 11.6 Å².